The number of carbonyl (C=O) groups excluding carboxylic acids is 2. The molecule has 0 aromatic heterocycles. The number of aliphatic hydroxyl groups is 1. The van der Waals surface area contributed by atoms with Gasteiger partial charge in [0.2, 0.25) is 5.91 Å². The number of nitrogens with one attached hydrogen (secondary N) is 2. The molecule has 1 spiro atoms. The van der Waals surface area contributed by atoms with Crippen molar-refractivity contribution in [2.24, 2.45) is 11.8 Å². The van der Waals surface area contributed by atoms with Gasteiger partial charge in [-0.1, -0.05) is 48.0 Å². The maximum Gasteiger partial charge on any atom is 0.338 e. The SMILES string of the molecule is C=C(Cl)/C=C\C=C(/F)[C@H]1[C@H](NCc2ccc(C(=O)OC)cc2[N+](=O)[O-])[C@H](CO)N(CC2CCOC2)[C@@]12C(=O)Nc1cc(Cl)ccc12. The molecule has 1 unspecified atom stereocenters. The Morgan fingerprint density at radius 1 is 1.37 bits per heavy atom. The number of nitrogens with zero attached hydrogens (tertiary/aromatic N) is 2. The van der Waals surface area contributed by atoms with E-state index in [2.05, 4.69) is 17.2 Å². The number of rotatable bonds is 11. The fraction of sp³-hybridized carbons (Fsp3) is 0.375. The van der Waals surface area contributed by atoms with Gasteiger partial charge in [-0.3, -0.25) is 19.8 Å². The molecule has 11 nitrogen and oxygen atoms in total. The number of aliphatic hydroxyl groups excluding tert-OH is 1. The van der Waals surface area contributed by atoms with Crippen LogP contribution in [0.25, 0.3) is 0 Å². The van der Waals surface area contributed by atoms with Crippen LogP contribution in [-0.2, 0) is 26.4 Å². The molecule has 0 saturated carbocycles. The molecule has 2 aromatic carbocycles. The van der Waals surface area contributed by atoms with Gasteiger partial charge in [-0.25, -0.2) is 9.18 Å². The normalized spacial score (nSPS) is 26.1. The second-order valence-corrected chi connectivity index (χ2v) is 12.3. The third-order valence-electron chi connectivity index (χ3n) is 8.79. The number of fused-ring (bicyclic) bond motifs is 2. The number of hydrogen-bond donors (Lipinski definition) is 3. The number of esters is 1. The van der Waals surface area contributed by atoms with E-state index in [0.717, 1.165) is 6.07 Å². The second kappa shape index (κ2) is 14.0. The van der Waals surface area contributed by atoms with Gasteiger partial charge >= 0.3 is 5.97 Å². The highest BCUT2D eigenvalue weighted by molar-refractivity contribution is 6.31. The van der Waals surface area contributed by atoms with Crippen LogP contribution >= 0.6 is 23.2 Å². The largest absolute Gasteiger partial charge is 0.465 e. The summed E-state index contributed by atoms with van der Waals surface area (Å²) < 4.78 is 27.1. The average molecular weight is 676 g/mol. The summed E-state index contributed by atoms with van der Waals surface area (Å²) in [6, 6.07) is 7.06. The van der Waals surface area contributed by atoms with Crippen molar-refractivity contribution in [3.05, 3.63) is 104 Å². The summed E-state index contributed by atoms with van der Waals surface area (Å²) >= 11 is 12.2. The van der Waals surface area contributed by atoms with Gasteiger partial charge in [0.15, 0.2) is 0 Å². The van der Waals surface area contributed by atoms with Crippen LogP contribution in [0.5, 0.6) is 0 Å². The van der Waals surface area contributed by atoms with Crippen LogP contribution in [0.3, 0.4) is 0 Å². The number of hydrogen-bond acceptors (Lipinski definition) is 9. The predicted molar refractivity (Wildman–Crippen MR) is 170 cm³/mol. The minimum Gasteiger partial charge on any atom is -0.465 e. The Labute approximate surface area is 274 Å². The van der Waals surface area contributed by atoms with Gasteiger partial charge in [0.25, 0.3) is 5.69 Å². The fourth-order valence-corrected chi connectivity index (χ4v) is 7.07. The smallest absolute Gasteiger partial charge is 0.338 e. The molecule has 1 amide bonds. The number of ether oxygens (including phenoxy) is 2. The highest BCUT2D eigenvalue weighted by atomic mass is 35.5. The Bertz CT molecular complexity index is 1610. The van der Waals surface area contributed by atoms with Crippen molar-refractivity contribution >= 4 is 46.5 Å². The summed E-state index contributed by atoms with van der Waals surface area (Å²) in [5.41, 5.74) is -0.891. The zero-order valence-electron chi connectivity index (χ0n) is 24.9. The van der Waals surface area contributed by atoms with E-state index in [1.807, 2.05) is 4.90 Å². The maximum absolute atomic E-state index is 16.8. The Morgan fingerprint density at radius 3 is 2.80 bits per heavy atom. The lowest BCUT2D eigenvalue weighted by atomic mass is 9.76. The minimum atomic E-state index is -1.64. The lowest BCUT2D eigenvalue weighted by Crippen LogP contribution is -2.54. The molecule has 3 heterocycles. The van der Waals surface area contributed by atoms with Gasteiger partial charge in [0.05, 0.1) is 42.8 Å². The van der Waals surface area contributed by atoms with Crippen molar-refractivity contribution in [3.63, 3.8) is 0 Å². The summed E-state index contributed by atoms with van der Waals surface area (Å²) in [5.74, 6) is -3.16. The number of likely N-dealkylation sites (tertiary alicyclic amines) is 1. The van der Waals surface area contributed by atoms with Crippen LogP contribution in [0.15, 0.2) is 72.1 Å². The molecule has 3 N–H and O–H groups in total. The molecule has 0 radical (unpaired) electrons. The molecule has 3 aliphatic rings. The topological polar surface area (TPSA) is 143 Å². The molecule has 3 aliphatic heterocycles. The third kappa shape index (κ3) is 6.20. The Kier molecular flexibility index (Phi) is 10.3. The highest BCUT2D eigenvalue weighted by Gasteiger charge is 2.67. The number of anilines is 1. The summed E-state index contributed by atoms with van der Waals surface area (Å²) in [7, 11) is 1.17. The zero-order chi connectivity index (χ0) is 33.2. The van der Waals surface area contributed by atoms with Gasteiger partial charge < -0.3 is 25.2 Å². The molecule has 46 heavy (non-hydrogen) atoms. The molecule has 2 saturated heterocycles. The molecular weight excluding hydrogens is 642 g/mol. The maximum atomic E-state index is 16.8. The van der Waals surface area contributed by atoms with Crippen LogP contribution in [-0.4, -0.2) is 72.4 Å². The molecule has 5 atom stereocenters. The molecule has 0 aliphatic carbocycles. The number of amides is 1. The number of benzene rings is 2. The average Bonchev–Trinajstić information content (AvgIpc) is 3.71. The van der Waals surface area contributed by atoms with E-state index in [1.165, 1.54) is 37.5 Å². The minimum absolute atomic E-state index is 0.00613. The van der Waals surface area contributed by atoms with Crippen LogP contribution in [0.2, 0.25) is 5.02 Å². The van der Waals surface area contributed by atoms with Gasteiger partial charge in [-0.05, 0) is 42.7 Å². The van der Waals surface area contributed by atoms with E-state index in [9.17, 15) is 24.8 Å². The summed E-state index contributed by atoms with van der Waals surface area (Å²) in [4.78, 5) is 39.6. The number of carbonyl (C=O) groups is 2. The van der Waals surface area contributed by atoms with Crippen molar-refractivity contribution in [2.75, 3.05) is 38.8 Å². The molecular formula is C32H33Cl2FN4O7. The van der Waals surface area contributed by atoms with Crippen LogP contribution in [0, 0.1) is 22.0 Å². The van der Waals surface area contributed by atoms with Crippen molar-refractivity contribution in [1.82, 2.24) is 10.2 Å². The number of nitro groups is 1. The highest BCUT2D eigenvalue weighted by Crippen LogP contribution is 2.56. The van der Waals surface area contributed by atoms with Crippen LogP contribution in [0.4, 0.5) is 15.8 Å². The van der Waals surface area contributed by atoms with E-state index in [4.69, 9.17) is 32.7 Å². The quantitative estimate of drug-likeness (QED) is 0.132. The molecule has 2 fully saturated rings. The first-order chi connectivity index (χ1) is 22.0. The zero-order valence-corrected chi connectivity index (χ0v) is 26.4. The monoisotopic (exact) mass is 674 g/mol. The van der Waals surface area contributed by atoms with Crippen LogP contribution in [0.1, 0.15) is 27.9 Å². The van der Waals surface area contributed by atoms with Gasteiger partial charge in [-0.2, -0.15) is 0 Å². The van der Waals surface area contributed by atoms with E-state index >= 15 is 4.39 Å². The lowest BCUT2D eigenvalue weighted by molar-refractivity contribution is -0.385. The summed E-state index contributed by atoms with van der Waals surface area (Å²) in [5, 5.41) is 29.6. The number of allylic oxidation sites excluding steroid dienone is 4. The first-order valence-corrected chi connectivity index (χ1v) is 15.3. The van der Waals surface area contributed by atoms with Gasteiger partial charge in [0.1, 0.15) is 11.4 Å². The lowest BCUT2D eigenvalue weighted by Gasteiger charge is -2.39. The van der Waals surface area contributed by atoms with E-state index in [0.29, 0.717) is 42.5 Å². The fourth-order valence-electron chi connectivity index (χ4n) is 6.83. The first kappa shape index (κ1) is 33.7. The van der Waals surface area contributed by atoms with Crippen molar-refractivity contribution in [2.45, 2.75) is 30.6 Å². The summed E-state index contributed by atoms with van der Waals surface area (Å²) in [6.07, 6.45) is 4.68. The third-order valence-corrected chi connectivity index (χ3v) is 9.15. The van der Waals surface area contributed by atoms with E-state index < -0.39 is 52.8 Å². The Morgan fingerprint density at radius 2 is 2.15 bits per heavy atom. The molecule has 14 heteroatoms. The molecule has 5 rings (SSSR count). The number of methoxy groups -OCH3 is 1. The second-order valence-electron chi connectivity index (χ2n) is 11.4. The van der Waals surface area contributed by atoms with Crippen molar-refractivity contribution in [3.8, 4) is 0 Å². The number of halogens is 3. The summed E-state index contributed by atoms with van der Waals surface area (Å²) in [6.45, 7) is 4.23. The first-order valence-electron chi connectivity index (χ1n) is 14.6. The molecule has 2 aromatic rings. The van der Waals surface area contributed by atoms with E-state index in [-0.39, 0.29) is 34.3 Å². The predicted octanol–water partition coefficient (Wildman–Crippen LogP) is 4.83. The van der Waals surface area contributed by atoms with Gasteiger partial charge in [-0.15, -0.1) is 0 Å². The van der Waals surface area contributed by atoms with Crippen LogP contribution < -0.4 is 10.6 Å². The Balaban J connectivity index is 1.65. The van der Waals surface area contributed by atoms with Crippen molar-refractivity contribution in [1.29, 1.82) is 0 Å². The Hall–Kier alpha value is -3.65. The van der Waals surface area contributed by atoms with E-state index in [1.54, 1.807) is 18.2 Å². The standard InChI is InChI=1S/C32H33Cl2FN4O7/c1-18(33)4-3-5-24(35)28-29(36-14-21-7-6-20(30(41)45-2)12-26(21)39(43)44)27(16-40)38(15-19-10-11-46-17-19)32(28)23-9-8-22(34)13-25(23)37-31(32)42/h3-9,12-13,19,27-29,36,40H,1,10-11,14-17H2,2H3,(H,37,42)/b4-3-,24-5-/t19?,27-,28-,29+,32+/m0/s1. The molecule has 0 bridgehead atoms. The number of nitro benzene ring substituents is 1. The molecule has 244 valence electrons. The van der Waals surface area contributed by atoms with Gasteiger partial charge in [0, 0.05) is 58.7 Å². The van der Waals surface area contributed by atoms with Crippen molar-refractivity contribution < 1.29 is 33.5 Å².